The fourth-order valence-corrected chi connectivity index (χ4v) is 2.31. The maximum atomic E-state index is 13.3. The Morgan fingerprint density at radius 3 is 2.41 bits per heavy atom. The van der Waals surface area contributed by atoms with Crippen molar-refractivity contribution >= 4 is 5.69 Å². The van der Waals surface area contributed by atoms with Crippen LogP contribution in [0.4, 0.5) is 18.9 Å². The van der Waals surface area contributed by atoms with Gasteiger partial charge in [-0.25, -0.2) is 13.2 Å². The van der Waals surface area contributed by atoms with Crippen molar-refractivity contribution in [1.29, 1.82) is 0 Å². The van der Waals surface area contributed by atoms with E-state index < -0.39 is 17.5 Å². The van der Waals surface area contributed by atoms with Gasteiger partial charge in [-0.15, -0.1) is 0 Å². The molecule has 0 unspecified atom stereocenters. The van der Waals surface area contributed by atoms with E-state index in [0.717, 1.165) is 18.9 Å². The molecule has 0 saturated heterocycles. The Bertz CT molecular complexity index is 386. The first-order valence-electron chi connectivity index (χ1n) is 6.06. The van der Waals surface area contributed by atoms with Gasteiger partial charge in [0.15, 0.2) is 17.5 Å². The molecule has 0 aromatic heterocycles. The van der Waals surface area contributed by atoms with Gasteiger partial charge in [-0.1, -0.05) is 19.3 Å². The molecule has 1 aromatic rings. The van der Waals surface area contributed by atoms with Crippen molar-refractivity contribution in [2.45, 2.75) is 32.1 Å². The molecule has 0 radical (unpaired) electrons. The second-order valence-corrected chi connectivity index (χ2v) is 4.61. The summed E-state index contributed by atoms with van der Waals surface area (Å²) in [5.74, 6) is -3.17. The fraction of sp³-hybridized carbons (Fsp3) is 0.538. The third-order valence-corrected chi connectivity index (χ3v) is 3.34. The monoisotopic (exact) mass is 243 g/mol. The molecule has 1 N–H and O–H groups in total. The molecule has 1 aromatic carbocycles. The molecule has 1 aliphatic carbocycles. The molecule has 17 heavy (non-hydrogen) atoms. The molecule has 0 aliphatic heterocycles. The summed E-state index contributed by atoms with van der Waals surface area (Å²) in [6, 6.07) is 2.19. The summed E-state index contributed by atoms with van der Waals surface area (Å²) in [6.07, 6.45) is 5.91. The van der Waals surface area contributed by atoms with Crippen molar-refractivity contribution in [3.8, 4) is 0 Å². The summed E-state index contributed by atoms with van der Waals surface area (Å²) >= 11 is 0. The maximum Gasteiger partial charge on any atom is 0.196 e. The molecule has 94 valence electrons. The zero-order chi connectivity index (χ0) is 12.3. The SMILES string of the molecule is Fc1ccc(NCC2CCCCC2)c(F)c1F. The van der Waals surface area contributed by atoms with E-state index in [4.69, 9.17) is 0 Å². The zero-order valence-electron chi connectivity index (χ0n) is 9.61. The third-order valence-electron chi connectivity index (χ3n) is 3.34. The average molecular weight is 243 g/mol. The minimum absolute atomic E-state index is 0.0504. The lowest BCUT2D eigenvalue weighted by atomic mass is 9.89. The summed E-state index contributed by atoms with van der Waals surface area (Å²) in [6.45, 7) is 0.627. The van der Waals surface area contributed by atoms with Gasteiger partial charge in [0.1, 0.15) is 0 Å². The molecule has 0 amide bonds. The van der Waals surface area contributed by atoms with Gasteiger partial charge in [-0.2, -0.15) is 0 Å². The number of nitrogens with one attached hydrogen (secondary N) is 1. The van der Waals surface area contributed by atoms with Crippen LogP contribution in [-0.4, -0.2) is 6.54 Å². The first kappa shape index (κ1) is 12.3. The van der Waals surface area contributed by atoms with Crippen molar-refractivity contribution in [2.75, 3.05) is 11.9 Å². The molecule has 1 nitrogen and oxygen atoms in total. The predicted octanol–water partition coefficient (Wildman–Crippen LogP) is 4.10. The second-order valence-electron chi connectivity index (χ2n) is 4.61. The third kappa shape index (κ3) is 2.93. The molecule has 0 bridgehead atoms. The zero-order valence-corrected chi connectivity index (χ0v) is 9.61. The van der Waals surface area contributed by atoms with Gasteiger partial charge < -0.3 is 5.32 Å². The van der Waals surface area contributed by atoms with E-state index in [9.17, 15) is 13.2 Å². The van der Waals surface area contributed by atoms with Gasteiger partial charge in [0.2, 0.25) is 0 Å². The van der Waals surface area contributed by atoms with Crippen LogP contribution in [0.3, 0.4) is 0 Å². The first-order chi connectivity index (χ1) is 8.18. The smallest absolute Gasteiger partial charge is 0.196 e. The van der Waals surface area contributed by atoms with Crippen LogP contribution in [0, 0.1) is 23.4 Å². The van der Waals surface area contributed by atoms with Crippen LogP contribution in [-0.2, 0) is 0 Å². The lowest BCUT2D eigenvalue weighted by Gasteiger charge is -2.22. The Balaban J connectivity index is 1.96. The molecule has 0 spiro atoms. The van der Waals surface area contributed by atoms with Crippen LogP contribution in [0.2, 0.25) is 0 Å². The number of hydrogen-bond donors (Lipinski definition) is 1. The lowest BCUT2D eigenvalue weighted by molar-refractivity contribution is 0.372. The van der Waals surface area contributed by atoms with Crippen LogP contribution in [0.1, 0.15) is 32.1 Å². The summed E-state index contributed by atoms with van der Waals surface area (Å²) < 4.78 is 39.0. The van der Waals surface area contributed by atoms with Crippen molar-refractivity contribution in [3.63, 3.8) is 0 Å². The molecule has 4 heteroatoms. The number of benzene rings is 1. The summed E-state index contributed by atoms with van der Waals surface area (Å²) in [7, 11) is 0. The topological polar surface area (TPSA) is 12.0 Å². The molecule has 1 fully saturated rings. The molecule has 1 saturated carbocycles. The van der Waals surface area contributed by atoms with E-state index in [2.05, 4.69) is 5.32 Å². The van der Waals surface area contributed by atoms with Gasteiger partial charge in [-0.3, -0.25) is 0 Å². The Morgan fingerprint density at radius 2 is 1.71 bits per heavy atom. The Labute approximate surface area is 99.0 Å². The van der Waals surface area contributed by atoms with E-state index in [-0.39, 0.29) is 5.69 Å². The highest BCUT2D eigenvalue weighted by Gasteiger charge is 2.16. The van der Waals surface area contributed by atoms with Gasteiger partial charge in [0.05, 0.1) is 5.69 Å². The van der Waals surface area contributed by atoms with Gasteiger partial charge in [0.25, 0.3) is 0 Å². The highest BCUT2D eigenvalue weighted by molar-refractivity contribution is 5.45. The minimum Gasteiger partial charge on any atom is -0.382 e. The summed E-state index contributed by atoms with van der Waals surface area (Å²) in [5, 5.41) is 2.87. The van der Waals surface area contributed by atoms with Crippen molar-refractivity contribution in [1.82, 2.24) is 0 Å². The standard InChI is InChI=1S/C13H16F3N/c14-10-6-7-11(13(16)12(10)15)17-8-9-4-2-1-3-5-9/h6-7,9,17H,1-5,8H2. The summed E-state index contributed by atoms with van der Waals surface area (Å²) in [5.41, 5.74) is 0.0504. The van der Waals surface area contributed by atoms with Crippen molar-refractivity contribution in [2.24, 2.45) is 5.92 Å². The van der Waals surface area contributed by atoms with Crippen LogP contribution < -0.4 is 5.32 Å². The predicted molar refractivity (Wildman–Crippen MR) is 61.4 cm³/mol. The van der Waals surface area contributed by atoms with E-state index in [0.29, 0.717) is 12.5 Å². The minimum atomic E-state index is -1.40. The largest absolute Gasteiger partial charge is 0.382 e. The quantitative estimate of drug-likeness (QED) is 0.788. The average Bonchev–Trinajstić information content (AvgIpc) is 2.36. The van der Waals surface area contributed by atoms with Crippen LogP contribution >= 0.6 is 0 Å². The maximum absolute atomic E-state index is 13.3. The number of halogens is 3. The second kappa shape index (κ2) is 5.43. The number of anilines is 1. The van der Waals surface area contributed by atoms with E-state index in [1.807, 2.05) is 0 Å². The van der Waals surface area contributed by atoms with Crippen molar-refractivity contribution < 1.29 is 13.2 Å². The van der Waals surface area contributed by atoms with Crippen LogP contribution in [0.25, 0.3) is 0 Å². The Hall–Kier alpha value is -1.19. The molecule has 2 rings (SSSR count). The Kier molecular flexibility index (Phi) is 3.92. The first-order valence-corrected chi connectivity index (χ1v) is 6.06. The summed E-state index contributed by atoms with van der Waals surface area (Å²) in [4.78, 5) is 0. The van der Waals surface area contributed by atoms with Crippen LogP contribution in [0.15, 0.2) is 12.1 Å². The lowest BCUT2D eigenvalue weighted by Crippen LogP contribution is -2.18. The Morgan fingerprint density at radius 1 is 1.00 bits per heavy atom. The van der Waals surface area contributed by atoms with Gasteiger partial charge >= 0.3 is 0 Å². The highest BCUT2D eigenvalue weighted by Crippen LogP contribution is 2.25. The number of rotatable bonds is 3. The van der Waals surface area contributed by atoms with E-state index in [1.165, 1.54) is 25.3 Å². The van der Waals surface area contributed by atoms with Crippen LogP contribution in [0.5, 0.6) is 0 Å². The van der Waals surface area contributed by atoms with E-state index >= 15 is 0 Å². The fourth-order valence-electron chi connectivity index (χ4n) is 2.31. The molecular formula is C13H16F3N. The van der Waals surface area contributed by atoms with Gasteiger partial charge in [-0.05, 0) is 30.9 Å². The molecule has 0 heterocycles. The molecule has 0 atom stereocenters. The number of hydrogen-bond acceptors (Lipinski definition) is 1. The molecule has 1 aliphatic rings. The van der Waals surface area contributed by atoms with E-state index in [1.54, 1.807) is 0 Å². The molecular weight excluding hydrogens is 227 g/mol. The highest BCUT2D eigenvalue weighted by atomic mass is 19.2. The normalized spacial score (nSPS) is 17.1. The van der Waals surface area contributed by atoms with Crippen molar-refractivity contribution in [3.05, 3.63) is 29.6 Å². The van der Waals surface area contributed by atoms with Gasteiger partial charge in [0, 0.05) is 6.54 Å².